The maximum Gasteiger partial charge on any atom is 0.262 e. The molecular weight excluding hydrogens is 264 g/mol. The van der Waals surface area contributed by atoms with Crippen LogP contribution in [0, 0.1) is 12.3 Å². The van der Waals surface area contributed by atoms with Gasteiger partial charge in [0.05, 0.1) is 0 Å². The average molecular weight is 288 g/mol. The molecule has 0 saturated carbocycles. The molecule has 0 unspecified atom stereocenters. The van der Waals surface area contributed by atoms with Gasteiger partial charge in [-0.25, -0.2) is 13.4 Å². The molecule has 0 radical (unpaired) electrons. The zero-order valence-electron chi connectivity index (χ0n) is 12.3. The molecule has 1 aromatic heterocycles. The van der Waals surface area contributed by atoms with E-state index in [1.807, 2.05) is 20.8 Å². The highest BCUT2D eigenvalue weighted by Crippen LogP contribution is 2.21. The minimum atomic E-state index is -3.55. The highest BCUT2D eigenvalue weighted by molar-refractivity contribution is 7.89. The number of hydrogen-bond donors (Lipinski definition) is 1. The fraction of sp³-hybridized carbons (Fsp3) is 0.750. The average Bonchev–Trinajstić information content (AvgIpc) is 2.67. The minimum absolute atomic E-state index is 0.0992. The summed E-state index contributed by atoms with van der Waals surface area (Å²) >= 11 is 0. The van der Waals surface area contributed by atoms with E-state index in [1.54, 1.807) is 24.7 Å². The first kappa shape index (κ1) is 16.1. The quantitative estimate of drug-likeness (QED) is 0.836. The maximum absolute atomic E-state index is 12.5. The Bertz CT molecular complexity index is 514. The molecule has 0 spiro atoms. The number of sulfonamides is 1. The van der Waals surface area contributed by atoms with Gasteiger partial charge in [0.1, 0.15) is 5.82 Å². The molecule has 7 heteroatoms. The van der Waals surface area contributed by atoms with Gasteiger partial charge in [-0.1, -0.05) is 20.8 Å². The van der Waals surface area contributed by atoms with E-state index in [4.69, 9.17) is 5.73 Å². The van der Waals surface area contributed by atoms with Crippen molar-refractivity contribution < 1.29 is 8.42 Å². The molecule has 0 aromatic carbocycles. The number of imidazole rings is 1. The summed E-state index contributed by atoms with van der Waals surface area (Å²) in [6.07, 6.45) is 1.54. The third-order valence-electron chi connectivity index (χ3n) is 3.20. The molecule has 1 aromatic rings. The Kier molecular flexibility index (Phi) is 4.76. The van der Waals surface area contributed by atoms with E-state index in [0.717, 1.165) is 0 Å². The summed E-state index contributed by atoms with van der Waals surface area (Å²) in [6, 6.07) is 0. The summed E-state index contributed by atoms with van der Waals surface area (Å²) in [7, 11) is -1.77. The Morgan fingerprint density at radius 3 is 2.42 bits per heavy atom. The number of aromatic nitrogens is 2. The van der Waals surface area contributed by atoms with Crippen LogP contribution >= 0.6 is 0 Å². The molecule has 19 heavy (non-hydrogen) atoms. The molecular formula is C12H24N4O2S. The fourth-order valence-corrected chi connectivity index (χ4v) is 3.35. The van der Waals surface area contributed by atoms with Crippen molar-refractivity contribution in [1.82, 2.24) is 13.9 Å². The Balaban J connectivity index is 3.09. The highest BCUT2D eigenvalue weighted by Gasteiger charge is 2.30. The second kappa shape index (κ2) is 5.60. The van der Waals surface area contributed by atoms with Gasteiger partial charge in [0.2, 0.25) is 0 Å². The van der Waals surface area contributed by atoms with E-state index in [9.17, 15) is 8.42 Å². The summed E-state index contributed by atoms with van der Waals surface area (Å²) in [5.74, 6) is 0.674. The Hall–Kier alpha value is -0.920. The zero-order valence-corrected chi connectivity index (χ0v) is 13.2. The van der Waals surface area contributed by atoms with Crippen LogP contribution in [0.4, 0.5) is 0 Å². The van der Waals surface area contributed by atoms with Crippen LogP contribution in [0.1, 0.15) is 26.6 Å². The van der Waals surface area contributed by atoms with Crippen LogP contribution in [-0.2, 0) is 17.1 Å². The van der Waals surface area contributed by atoms with Crippen LogP contribution in [0.5, 0.6) is 0 Å². The largest absolute Gasteiger partial charge is 0.337 e. The molecule has 0 fully saturated rings. The number of rotatable bonds is 6. The summed E-state index contributed by atoms with van der Waals surface area (Å²) in [6.45, 7) is 8.72. The molecule has 6 nitrogen and oxygen atoms in total. The molecule has 0 bridgehead atoms. The van der Waals surface area contributed by atoms with Gasteiger partial charge in [-0.15, -0.1) is 0 Å². The lowest BCUT2D eigenvalue weighted by Gasteiger charge is -2.29. The molecule has 0 saturated heterocycles. The highest BCUT2D eigenvalue weighted by atomic mass is 32.2. The van der Waals surface area contributed by atoms with Crippen molar-refractivity contribution in [1.29, 1.82) is 0 Å². The summed E-state index contributed by atoms with van der Waals surface area (Å²) in [5.41, 5.74) is 5.42. The first-order valence-corrected chi connectivity index (χ1v) is 7.78. The SMILES string of the molecule is CCN(CC(C)(C)CN)S(=O)(=O)c1cn(C)c(C)n1. The van der Waals surface area contributed by atoms with Gasteiger partial charge in [0.15, 0.2) is 5.03 Å². The standard InChI is InChI=1S/C12H24N4O2S/c1-6-16(9-12(3,4)8-13)19(17,18)11-7-15(5)10(2)14-11/h7H,6,8-9,13H2,1-5H3. The normalized spacial score (nSPS) is 13.2. The molecule has 1 rings (SSSR count). The van der Waals surface area contributed by atoms with Gasteiger partial charge in [0, 0.05) is 26.3 Å². The Morgan fingerprint density at radius 2 is 2.05 bits per heavy atom. The van der Waals surface area contributed by atoms with E-state index in [-0.39, 0.29) is 10.4 Å². The Labute approximate surface area is 115 Å². The van der Waals surface area contributed by atoms with Gasteiger partial charge < -0.3 is 10.3 Å². The third kappa shape index (κ3) is 3.55. The number of nitrogens with two attached hydrogens (primary N) is 1. The maximum atomic E-state index is 12.5. The second-order valence-electron chi connectivity index (χ2n) is 5.54. The molecule has 0 amide bonds. The van der Waals surface area contributed by atoms with Crippen LogP contribution in [0.15, 0.2) is 11.2 Å². The summed E-state index contributed by atoms with van der Waals surface area (Å²) < 4.78 is 28.2. The van der Waals surface area contributed by atoms with E-state index in [2.05, 4.69) is 4.98 Å². The summed E-state index contributed by atoms with van der Waals surface area (Å²) in [5, 5.41) is 0.0992. The van der Waals surface area contributed by atoms with Crippen molar-refractivity contribution in [2.75, 3.05) is 19.6 Å². The van der Waals surface area contributed by atoms with E-state index >= 15 is 0 Å². The lowest BCUT2D eigenvalue weighted by molar-refractivity contribution is 0.272. The molecule has 2 N–H and O–H groups in total. The minimum Gasteiger partial charge on any atom is -0.337 e. The van der Waals surface area contributed by atoms with Gasteiger partial charge in [-0.2, -0.15) is 4.31 Å². The zero-order chi connectivity index (χ0) is 14.8. The van der Waals surface area contributed by atoms with Gasteiger partial charge in [-0.05, 0) is 18.9 Å². The topological polar surface area (TPSA) is 81.2 Å². The van der Waals surface area contributed by atoms with Crippen molar-refractivity contribution in [2.45, 2.75) is 32.7 Å². The van der Waals surface area contributed by atoms with Crippen LogP contribution in [0.3, 0.4) is 0 Å². The predicted octanol–water partition coefficient (Wildman–Crippen LogP) is 0.724. The van der Waals surface area contributed by atoms with Crippen molar-refractivity contribution in [2.24, 2.45) is 18.2 Å². The monoisotopic (exact) mass is 288 g/mol. The fourth-order valence-electron chi connectivity index (χ4n) is 1.69. The van der Waals surface area contributed by atoms with Gasteiger partial charge in [0.25, 0.3) is 10.0 Å². The molecule has 0 aliphatic heterocycles. The number of aryl methyl sites for hydroxylation is 2. The smallest absolute Gasteiger partial charge is 0.262 e. The summed E-state index contributed by atoms with van der Waals surface area (Å²) in [4.78, 5) is 4.11. The first-order valence-electron chi connectivity index (χ1n) is 6.34. The molecule has 1 heterocycles. The molecule has 0 aliphatic rings. The van der Waals surface area contributed by atoms with E-state index < -0.39 is 10.0 Å². The molecule has 110 valence electrons. The second-order valence-corrected chi connectivity index (χ2v) is 7.42. The van der Waals surface area contributed by atoms with Crippen LogP contribution in [0.2, 0.25) is 0 Å². The van der Waals surface area contributed by atoms with Crippen LogP contribution < -0.4 is 5.73 Å². The van der Waals surface area contributed by atoms with Crippen molar-refractivity contribution in [3.05, 3.63) is 12.0 Å². The lowest BCUT2D eigenvalue weighted by Crippen LogP contribution is -2.42. The number of nitrogens with zero attached hydrogens (tertiary/aromatic N) is 3. The van der Waals surface area contributed by atoms with Crippen molar-refractivity contribution in [3.8, 4) is 0 Å². The van der Waals surface area contributed by atoms with Gasteiger partial charge >= 0.3 is 0 Å². The number of hydrogen-bond acceptors (Lipinski definition) is 4. The van der Waals surface area contributed by atoms with Crippen molar-refractivity contribution in [3.63, 3.8) is 0 Å². The van der Waals surface area contributed by atoms with Crippen molar-refractivity contribution >= 4 is 10.0 Å². The predicted molar refractivity (Wildman–Crippen MR) is 75.2 cm³/mol. The molecule has 0 atom stereocenters. The first-order chi connectivity index (χ1) is 8.64. The molecule has 0 aliphatic carbocycles. The van der Waals surface area contributed by atoms with Crippen LogP contribution in [0.25, 0.3) is 0 Å². The Morgan fingerprint density at radius 1 is 1.47 bits per heavy atom. The van der Waals surface area contributed by atoms with E-state index in [0.29, 0.717) is 25.5 Å². The third-order valence-corrected chi connectivity index (χ3v) is 4.99. The van der Waals surface area contributed by atoms with Gasteiger partial charge in [-0.3, -0.25) is 0 Å². The lowest BCUT2D eigenvalue weighted by atomic mass is 9.94. The van der Waals surface area contributed by atoms with E-state index in [1.165, 1.54) is 4.31 Å². The van der Waals surface area contributed by atoms with Crippen LogP contribution in [-0.4, -0.2) is 41.9 Å².